The molecular weight excluding hydrogens is 342 g/mol. The molecule has 0 aliphatic carbocycles. The summed E-state index contributed by atoms with van der Waals surface area (Å²) in [7, 11) is 1.86. The highest BCUT2D eigenvalue weighted by Crippen LogP contribution is 2.17. The minimum atomic E-state index is -0.180. The molecule has 0 saturated heterocycles. The number of nitrogens with zero attached hydrogens (tertiary/aromatic N) is 6. The van der Waals surface area contributed by atoms with Gasteiger partial charge in [0, 0.05) is 42.8 Å². The third-order valence-corrected chi connectivity index (χ3v) is 4.07. The second-order valence-electron chi connectivity index (χ2n) is 6.26. The topological polar surface area (TPSA) is 82.6 Å². The molecule has 1 aromatic carbocycles. The van der Waals surface area contributed by atoms with Gasteiger partial charge < -0.3 is 5.32 Å². The highest BCUT2D eigenvalue weighted by molar-refractivity contribution is 5.89. The van der Waals surface area contributed by atoms with Crippen LogP contribution in [-0.2, 0) is 24.9 Å². The highest BCUT2D eigenvalue weighted by atomic mass is 16.2. The molecule has 4 rings (SSSR count). The molecule has 8 nitrogen and oxygen atoms in total. The molecule has 0 unspecified atom stereocenters. The van der Waals surface area contributed by atoms with E-state index in [-0.39, 0.29) is 12.5 Å². The van der Waals surface area contributed by atoms with Crippen molar-refractivity contribution in [2.24, 2.45) is 7.05 Å². The van der Waals surface area contributed by atoms with Crippen LogP contribution in [-0.4, -0.2) is 35.2 Å². The molecule has 0 atom stereocenters. The van der Waals surface area contributed by atoms with Gasteiger partial charge >= 0.3 is 0 Å². The SMILES string of the molecule is Cn1cc(-c2cnn(CC(=O)Nc3ccn(Cc4ccccc4)n3)c2)cn1. The minimum absolute atomic E-state index is 0.117. The van der Waals surface area contributed by atoms with Crippen molar-refractivity contribution < 1.29 is 4.79 Å². The predicted molar refractivity (Wildman–Crippen MR) is 101 cm³/mol. The summed E-state index contributed by atoms with van der Waals surface area (Å²) >= 11 is 0. The van der Waals surface area contributed by atoms with Crippen LogP contribution in [0.5, 0.6) is 0 Å². The van der Waals surface area contributed by atoms with Gasteiger partial charge in [0.05, 0.1) is 18.9 Å². The Kier molecular flexibility index (Phi) is 4.52. The van der Waals surface area contributed by atoms with Gasteiger partial charge in [-0.25, -0.2) is 0 Å². The molecule has 136 valence electrons. The Morgan fingerprint density at radius 1 is 1.00 bits per heavy atom. The molecule has 0 aliphatic heterocycles. The van der Waals surface area contributed by atoms with Crippen LogP contribution in [0.2, 0.25) is 0 Å². The van der Waals surface area contributed by atoms with E-state index >= 15 is 0 Å². The van der Waals surface area contributed by atoms with Gasteiger partial charge in [0.2, 0.25) is 5.91 Å². The van der Waals surface area contributed by atoms with Crippen molar-refractivity contribution in [1.29, 1.82) is 0 Å². The van der Waals surface area contributed by atoms with Crippen LogP contribution in [0.1, 0.15) is 5.56 Å². The highest BCUT2D eigenvalue weighted by Gasteiger charge is 2.09. The van der Waals surface area contributed by atoms with Crippen LogP contribution in [0.3, 0.4) is 0 Å². The molecule has 0 aliphatic rings. The zero-order chi connectivity index (χ0) is 18.6. The van der Waals surface area contributed by atoms with Crippen molar-refractivity contribution in [2.75, 3.05) is 5.32 Å². The maximum Gasteiger partial charge on any atom is 0.247 e. The molecule has 0 bridgehead atoms. The lowest BCUT2D eigenvalue weighted by molar-refractivity contribution is -0.116. The Labute approximate surface area is 156 Å². The van der Waals surface area contributed by atoms with Crippen LogP contribution in [0.25, 0.3) is 11.1 Å². The number of hydrogen-bond acceptors (Lipinski definition) is 4. The number of anilines is 1. The van der Waals surface area contributed by atoms with Crippen LogP contribution >= 0.6 is 0 Å². The van der Waals surface area contributed by atoms with E-state index in [2.05, 4.69) is 20.6 Å². The third-order valence-electron chi connectivity index (χ3n) is 4.07. The fourth-order valence-electron chi connectivity index (χ4n) is 2.79. The van der Waals surface area contributed by atoms with E-state index in [9.17, 15) is 4.79 Å². The normalized spacial score (nSPS) is 10.9. The molecule has 8 heteroatoms. The molecule has 0 spiro atoms. The van der Waals surface area contributed by atoms with E-state index in [4.69, 9.17) is 0 Å². The van der Waals surface area contributed by atoms with E-state index in [1.54, 1.807) is 32.5 Å². The van der Waals surface area contributed by atoms with Crippen molar-refractivity contribution in [3.63, 3.8) is 0 Å². The number of benzene rings is 1. The Hall–Kier alpha value is -3.68. The second kappa shape index (κ2) is 7.28. The fourth-order valence-corrected chi connectivity index (χ4v) is 2.79. The largest absolute Gasteiger partial charge is 0.308 e. The van der Waals surface area contributed by atoms with Gasteiger partial charge in [0.1, 0.15) is 6.54 Å². The van der Waals surface area contributed by atoms with E-state index in [0.717, 1.165) is 16.7 Å². The zero-order valence-electron chi connectivity index (χ0n) is 14.9. The Morgan fingerprint density at radius 3 is 2.56 bits per heavy atom. The predicted octanol–water partition coefficient (Wildman–Crippen LogP) is 2.17. The maximum atomic E-state index is 12.3. The first-order chi connectivity index (χ1) is 13.2. The van der Waals surface area contributed by atoms with E-state index in [1.807, 2.05) is 56.0 Å². The van der Waals surface area contributed by atoms with Gasteiger partial charge in [-0.3, -0.25) is 18.8 Å². The molecule has 0 fully saturated rings. The van der Waals surface area contributed by atoms with Crippen molar-refractivity contribution in [3.05, 3.63) is 72.9 Å². The molecule has 1 amide bonds. The number of amides is 1. The van der Waals surface area contributed by atoms with Crippen molar-refractivity contribution in [2.45, 2.75) is 13.1 Å². The summed E-state index contributed by atoms with van der Waals surface area (Å²) in [5, 5.41) is 15.6. The number of rotatable bonds is 6. The van der Waals surface area contributed by atoms with Crippen molar-refractivity contribution in [1.82, 2.24) is 29.3 Å². The lowest BCUT2D eigenvalue weighted by Crippen LogP contribution is -2.19. The number of aromatic nitrogens is 6. The van der Waals surface area contributed by atoms with Gasteiger partial charge in [-0.2, -0.15) is 15.3 Å². The van der Waals surface area contributed by atoms with Gasteiger partial charge in [-0.05, 0) is 5.56 Å². The lowest BCUT2D eigenvalue weighted by Gasteiger charge is -2.03. The molecule has 3 heterocycles. The fraction of sp³-hybridized carbons (Fsp3) is 0.158. The summed E-state index contributed by atoms with van der Waals surface area (Å²) in [5.74, 6) is 0.344. The molecular formula is C19H19N7O. The van der Waals surface area contributed by atoms with Crippen LogP contribution in [0.4, 0.5) is 5.82 Å². The summed E-state index contributed by atoms with van der Waals surface area (Å²) in [5.41, 5.74) is 3.03. The van der Waals surface area contributed by atoms with Crippen LogP contribution in [0, 0.1) is 0 Å². The monoisotopic (exact) mass is 361 g/mol. The third kappa shape index (κ3) is 4.12. The second-order valence-corrected chi connectivity index (χ2v) is 6.26. The lowest BCUT2D eigenvalue weighted by atomic mass is 10.2. The standard InChI is InChI=1S/C19H19N7O/c1-24-12-16(9-20-24)17-10-21-26(13-17)14-19(27)22-18-7-8-25(23-18)11-15-5-3-2-4-6-15/h2-10,12-13H,11,14H2,1H3,(H,22,23,27). The zero-order valence-corrected chi connectivity index (χ0v) is 14.9. The molecule has 3 aromatic heterocycles. The minimum Gasteiger partial charge on any atom is -0.308 e. The first kappa shape index (κ1) is 16.8. The van der Waals surface area contributed by atoms with Gasteiger partial charge in [0.25, 0.3) is 0 Å². The summed E-state index contributed by atoms with van der Waals surface area (Å²) in [6.45, 7) is 0.774. The van der Waals surface area contributed by atoms with Crippen molar-refractivity contribution in [3.8, 4) is 11.1 Å². The van der Waals surface area contributed by atoms with Crippen LogP contribution in [0.15, 0.2) is 67.4 Å². The molecule has 0 radical (unpaired) electrons. The summed E-state index contributed by atoms with van der Waals surface area (Å²) in [4.78, 5) is 12.3. The molecule has 4 aromatic rings. The van der Waals surface area contributed by atoms with Gasteiger partial charge in [-0.15, -0.1) is 0 Å². The average molecular weight is 361 g/mol. The molecule has 0 saturated carbocycles. The smallest absolute Gasteiger partial charge is 0.247 e. The number of carbonyl (C=O) groups excluding carboxylic acids is 1. The molecule has 27 heavy (non-hydrogen) atoms. The van der Waals surface area contributed by atoms with Gasteiger partial charge in [-0.1, -0.05) is 30.3 Å². The number of hydrogen-bond donors (Lipinski definition) is 1. The quantitative estimate of drug-likeness (QED) is 0.571. The van der Waals surface area contributed by atoms with E-state index in [0.29, 0.717) is 12.4 Å². The maximum absolute atomic E-state index is 12.3. The summed E-state index contributed by atoms with van der Waals surface area (Å²) < 4.78 is 5.11. The summed E-state index contributed by atoms with van der Waals surface area (Å²) in [6, 6.07) is 11.8. The average Bonchev–Trinajstić information content (AvgIpc) is 3.38. The summed E-state index contributed by atoms with van der Waals surface area (Å²) in [6.07, 6.45) is 9.06. The van der Waals surface area contributed by atoms with E-state index < -0.39 is 0 Å². The Morgan fingerprint density at radius 2 is 1.78 bits per heavy atom. The Balaban J connectivity index is 1.35. The number of nitrogens with one attached hydrogen (secondary N) is 1. The number of aryl methyl sites for hydroxylation is 1. The van der Waals surface area contributed by atoms with E-state index in [1.165, 1.54) is 0 Å². The first-order valence-electron chi connectivity index (χ1n) is 8.54. The molecule has 1 N–H and O–H groups in total. The van der Waals surface area contributed by atoms with Crippen LogP contribution < -0.4 is 5.32 Å². The first-order valence-corrected chi connectivity index (χ1v) is 8.54. The van der Waals surface area contributed by atoms with Gasteiger partial charge in [0.15, 0.2) is 5.82 Å². The van der Waals surface area contributed by atoms with Crippen molar-refractivity contribution >= 4 is 11.7 Å². The Bertz CT molecular complexity index is 1040. The number of carbonyl (C=O) groups is 1.